The predicted octanol–water partition coefficient (Wildman–Crippen LogP) is 3.32. The molecule has 0 saturated heterocycles. The Bertz CT molecular complexity index is 635. The monoisotopic (exact) mass is 261 g/mol. The summed E-state index contributed by atoms with van der Waals surface area (Å²) >= 11 is 0. The number of imidazole rings is 1. The lowest BCUT2D eigenvalue weighted by molar-refractivity contribution is -0.137. The zero-order valence-corrected chi connectivity index (χ0v) is 8.54. The van der Waals surface area contributed by atoms with E-state index in [-0.39, 0.29) is 15.6 Å². The smallest absolute Gasteiger partial charge is 0.273 e. The highest BCUT2D eigenvalue weighted by Crippen LogP contribution is 2.33. The van der Waals surface area contributed by atoms with Crippen LogP contribution in [0.15, 0.2) is 18.5 Å². The molecule has 0 aliphatic carbocycles. The molecule has 0 N–H and O–H groups in total. The van der Waals surface area contributed by atoms with Crippen LogP contribution in [0.1, 0.15) is 17.7 Å². The number of nitriles is 1. The molecule has 0 atom stereocenters. The number of hydrogen-bond donors (Lipinski definition) is 0. The highest BCUT2D eigenvalue weighted by Gasteiger charge is 2.32. The lowest BCUT2D eigenvalue weighted by Crippen LogP contribution is -2.06. The Hall–Kier alpha value is -2.17. The first-order valence-corrected chi connectivity index (χ1v) is 4.60. The van der Waals surface area contributed by atoms with Crippen molar-refractivity contribution in [1.29, 1.82) is 5.26 Å². The van der Waals surface area contributed by atoms with E-state index in [1.807, 2.05) is 0 Å². The van der Waals surface area contributed by atoms with E-state index in [1.165, 1.54) is 6.07 Å². The average molecular weight is 261 g/mol. The van der Waals surface area contributed by atoms with Crippen LogP contribution in [0.25, 0.3) is 11.0 Å². The molecule has 1 aromatic carbocycles. The van der Waals surface area contributed by atoms with Crippen LogP contribution in [0.4, 0.5) is 22.0 Å². The number of nitrogens with zero attached hydrogens (tertiary/aromatic N) is 3. The van der Waals surface area contributed by atoms with Crippen LogP contribution in [0.5, 0.6) is 0 Å². The number of hydrogen-bond acceptors (Lipinski definition) is 2. The first-order valence-electron chi connectivity index (χ1n) is 4.60. The molecule has 0 aliphatic rings. The Kier molecular flexibility index (Phi) is 2.69. The predicted molar refractivity (Wildman–Crippen MR) is 50.7 cm³/mol. The van der Waals surface area contributed by atoms with Gasteiger partial charge in [0.05, 0.1) is 16.6 Å². The first kappa shape index (κ1) is 12.3. The summed E-state index contributed by atoms with van der Waals surface area (Å²) in [7, 11) is 0. The summed E-state index contributed by atoms with van der Waals surface area (Å²) in [6.45, 7) is -3.02. The normalized spacial score (nSPS) is 12.1. The molecule has 0 unspecified atom stereocenters. The Balaban J connectivity index is 2.80. The van der Waals surface area contributed by atoms with E-state index in [0.29, 0.717) is 18.5 Å². The van der Waals surface area contributed by atoms with Gasteiger partial charge in [0.2, 0.25) is 0 Å². The third-order valence-electron chi connectivity index (χ3n) is 2.34. The maximum Gasteiger partial charge on any atom is 0.416 e. The van der Waals surface area contributed by atoms with Gasteiger partial charge in [0.25, 0.3) is 0 Å². The number of aromatic nitrogens is 2. The second-order valence-electron chi connectivity index (χ2n) is 3.43. The first-order chi connectivity index (χ1) is 8.34. The lowest BCUT2D eigenvalue weighted by Gasteiger charge is -2.08. The molecule has 1 heterocycles. The van der Waals surface area contributed by atoms with Gasteiger partial charge in [-0.25, -0.2) is 4.98 Å². The van der Waals surface area contributed by atoms with Gasteiger partial charge in [-0.2, -0.15) is 27.2 Å². The van der Waals surface area contributed by atoms with E-state index >= 15 is 0 Å². The van der Waals surface area contributed by atoms with Gasteiger partial charge in [0.1, 0.15) is 17.9 Å². The fourth-order valence-electron chi connectivity index (χ4n) is 1.54. The van der Waals surface area contributed by atoms with E-state index in [9.17, 15) is 22.0 Å². The van der Waals surface area contributed by atoms with E-state index in [2.05, 4.69) is 4.98 Å². The molecule has 0 bridgehead atoms. The molecule has 0 amide bonds. The van der Waals surface area contributed by atoms with E-state index < -0.39 is 23.8 Å². The SMILES string of the molecule is N#Cc1cc(C(F)(F)F)cc2c1ncn2C(F)F. The maximum atomic E-state index is 12.6. The van der Waals surface area contributed by atoms with Crippen molar-refractivity contribution in [1.82, 2.24) is 9.55 Å². The standard InChI is InChI=1S/C10H4F5N3/c11-9(12)18-4-17-8-5(3-16)1-6(2-7(8)18)10(13,14)15/h1-2,4,9H. The van der Waals surface area contributed by atoms with E-state index in [4.69, 9.17) is 5.26 Å². The lowest BCUT2D eigenvalue weighted by atomic mass is 10.1. The summed E-state index contributed by atoms with van der Waals surface area (Å²) in [5, 5.41) is 8.72. The van der Waals surface area contributed by atoms with Crippen molar-refractivity contribution in [2.75, 3.05) is 0 Å². The highest BCUT2D eigenvalue weighted by molar-refractivity contribution is 5.82. The second kappa shape index (κ2) is 3.94. The second-order valence-corrected chi connectivity index (χ2v) is 3.43. The minimum atomic E-state index is -4.71. The van der Waals surface area contributed by atoms with Gasteiger partial charge in [-0.05, 0) is 12.1 Å². The number of benzene rings is 1. The van der Waals surface area contributed by atoms with Gasteiger partial charge >= 0.3 is 12.7 Å². The van der Waals surface area contributed by atoms with Crippen LogP contribution in [-0.4, -0.2) is 9.55 Å². The van der Waals surface area contributed by atoms with Crippen molar-refractivity contribution in [3.05, 3.63) is 29.6 Å². The molecule has 1 aromatic heterocycles. The number of rotatable bonds is 1. The van der Waals surface area contributed by atoms with Crippen LogP contribution >= 0.6 is 0 Å². The fraction of sp³-hybridized carbons (Fsp3) is 0.200. The van der Waals surface area contributed by atoms with Crippen LogP contribution in [0.2, 0.25) is 0 Å². The summed E-state index contributed by atoms with van der Waals surface area (Å²) in [5.41, 5.74) is -2.14. The van der Waals surface area contributed by atoms with Crippen molar-refractivity contribution >= 4 is 11.0 Å². The van der Waals surface area contributed by atoms with Crippen LogP contribution in [-0.2, 0) is 6.18 Å². The summed E-state index contributed by atoms with van der Waals surface area (Å²) in [6.07, 6.45) is -4.01. The Morgan fingerprint density at radius 1 is 1.28 bits per heavy atom. The van der Waals surface area contributed by atoms with Gasteiger partial charge in [0.15, 0.2) is 0 Å². The third kappa shape index (κ3) is 1.88. The topological polar surface area (TPSA) is 41.6 Å². The molecule has 8 heteroatoms. The summed E-state index contributed by atoms with van der Waals surface area (Å²) < 4.78 is 63.0. The Morgan fingerprint density at radius 3 is 2.44 bits per heavy atom. The Labute approximate surface area is 97.1 Å². The molecule has 2 aromatic rings. The van der Waals surface area contributed by atoms with Crippen LogP contribution < -0.4 is 0 Å². The van der Waals surface area contributed by atoms with Crippen molar-refractivity contribution in [3.63, 3.8) is 0 Å². The van der Waals surface area contributed by atoms with Gasteiger partial charge in [0, 0.05) is 0 Å². The minimum Gasteiger partial charge on any atom is -0.273 e. The van der Waals surface area contributed by atoms with E-state index in [1.54, 1.807) is 0 Å². The molecule has 0 spiro atoms. The Morgan fingerprint density at radius 2 is 1.94 bits per heavy atom. The molecular formula is C10H4F5N3. The van der Waals surface area contributed by atoms with Gasteiger partial charge < -0.3 is 0 Å². The molecule has 0 saturated carbocycles. The van der Waals surface area contributed by atoms with Crippen molar-refractivity contribution in [3.8, 4) is 6.07 Å². The van der Waals surface area contributed by atoms with Crippen LogP contribution in [0.3, 0.4) is 0 Å². The largest absolute Gasteiger partial charge is 0.416 e. The molecule has 2 rings (SSSR count). The number of fused-ring (bicyclic) bond motifs is 1. The molecule has 94 valence electrons. The van der Waals surface area contributed by atoms with Crippen molar-refractivity contribution < 1.29 is 22.0 Å². The average Bonchev–Trinajstić information content (AvgIpc) is 2.69. The molecule has 0 fully saturated rings. The minimum absolute atomic E-state index is 0.175. The molecule has 18 heavy (non-hydrogen) atoms. The van der Waals surface area contributed by atoms with Gasteiger partial charge in [-0.1, -0.05) is 0 Å². The van der Waals surface area contributed by atoms with Crippen molar-refractivity contribution in [2.45, 2.75) is 12.7 Å². The molecular weight excluding hydrogens is 257 g/mol. The summed E-state index contributed by atoms with van der Waals surface area (Å²) in [6, 6.07) is 2.65. The molecule has 0 aliphatic heterocycles. The molecule has 3 nitrogen and oxygen atoms in total. The number of halogens is 5. The van der Waals surface area contributed by atoms with Gasteiger partial charge in [-0.3, -0.25) is 4.57 Å². The molecule has 0 radical (unpaired) electrons. The fourth-order valence-corrected chi connectivity index (χ4v) is 1.54. The quantitative estimate of drug-likeness (QED) is 0.739. The van der Waals surface area contributed by atoms with Crippen molar-refractivity contribution in [2.24, 2.45) is 0 Å². The summed E-state index contributed by atoms with van der Waals surface area (Å²) in [5.74, 6) is 0. The summed E-state index contributed by atoms with van der Waals surface area (Å²) in [4.78, 5) is 3.53. The number of alkyl halides is 5. The zero-order valence-electron chi connectivity index (χ0n) is 8.54. The van der Waals surface area contributed by atoms with E-state index in [0.717, 1.165) is 0 Å². The van der Waals surface area contributed by atoms with Gasteiger partial charge in [-0.15, -0.1) is 0 Å². The van der Waals surface area contributed by atoms with Crippen LogP contribution in [0, 0.1) is 11.3 Å². The maximum absolute atomic E-state index is 12.6. The zero-order chi connectivity index (χ0) is 13.5. The third-order valence-corrected chi connectivity index (χ3v) is 2.34. The highest BCUT2D eigenvalue weighted by atomic mass is 19.4.